The minimum atomic E-state index is -0.444. The molecule has 3 rings (SSSR count). The average molecular weight is 321 g/mol. The Balaban J connectivity index is 2.26. The van der Waals surface area contributed by atoms with E-state index < -0.39 is 4.92 Å². The van der Waals surface area contributed by atoms with E-state index in [0.29, 0.717) is 0 Å². The molecule has 1 saturated carbocycles. The monoisotopic (exact) mass is 320 g/mol. The second-order valence-electron chi connectivity index (χ2n) is 5.97. The van der Waals surface area contributed by atoms with Crippen molar-refractivity contribution < 1.29 is 9.72 Å². The fourth-order valence-corrected chi connectivity index (χ4v) is 4.18. The molecule has 5 nitrogen and oxygen atoms in total. The molecule has 6 heteroatoms. The Morgan fingerprint density at radius 2 is 2.00 bits per heavy atom. The van der Waals surface area contributed by atoms with Crippen molar-refractivity contribution >= 4 is 29.3 Å². The minimum absolute atomic E-state index is 0.0638. The van der Waals surface area contributed by atoms with E-state index in [-0.39, 0.29) is 16.1 Å². The van der Waals surface area contributed by atoms with Gasteiger partial charge in [-0.3, -0.25) is 14.9 Å². The topological polar surface area (TPSA) is 63.5 Å². The molecular weight excluding hydrogens is 304 g/mol. The van der Waals surface area contributed by atoms with Crippen LogP contribution in [0.4, 0.5) is 11.4 Å². The number of nitrogens with zero attached hydrogens (tertiary/aromatic N) is 2. The Kier molecular flexibility index (Phi) is 3.68. The summed E-state index contributed by atoms with van der Waals surface area (Å²) in [6, 6.07) is 3.25. The number of fused-ring (bicyclic) bond motifs is 2. The summed E-state index contributed by atoms with van der Waals surface area (Å²) in [5.74, 6) is 0. The number of hydrogen-bond donors (Lipinski definition) is 0. The Morgan fingerprint density at radius 1 is 1.32 bits per heavy atom. The lowest BCUT2D eigenvalue weighted by Gasteiger charge is -2.36. The maximum absolute atomic E-state index is 11.2. The Bertz CT molecular complexity index is 678. The molecule has 0 bridgehead atoms. The maximum atomic E-state index is 11.2. The lowest BCUT2D eigenvalue weighted by atomic mass is 9.68. The van der Waals surface area contributed by atoms with Gasteiger partial charge in [-0.1, -0.05) is 30.9 Å². The highest BCUT2D eigenvalue weighted by Crippen LogP contribution is 2.56. The molecule has 1 spiro atoms. The number of likely N-dealkylation sites (N-methyl/N-ethyl adjacent to an activating group) is 1. The number of nitro groups is 1. The zero-order valence-electron chi connectivity index (χ0n) is 12.3. The van der Waals surface area contributed by atoms with Crippen LogP contribution in [0.15, 0.2) is 23.9 Å². The highest BCUT2D eigenvalue weighted by Gasteiger charge is 2.47. The van der Waals surface area contributed by atoms with Gasteiger partial charge in [-0.05, 0) is 30.5 Å². The highest BCUT2D eigenvalue weighted by atomic mass is 35.5. The van der Waals surface area contributed by atoms with Crippen LogP contribution < -0.4 is 4.90 Å². The molecule has 0 atom stereocenters. The highest BCUT2D eigenvalue weighted by molar-refractivity contribution is 6.33. The van der Waals surface area contributed by atoms with Crippen LogP contribution in [-0.2, 0) is 10.2 Å². The molecule has 116 valence electrons. The van der Waals surface area contributed by atoms with Crippen LogP contribution in [0, 0.1) is 10.1 Å². The smallest absolute Gasteiger partial charge is 0.288 e. The van der Waals surface area contributed by atoms with E-state index in [1.54, 1.807) is 18.2 Å². The van der Waals surface area contributed by atoms with Gasteiger partial charge in [0.25, 0.3) is 5.69 Å². The van der Waals surface area contributed by atoms with E-state index in [2.05, 4.69) is 0 Å². The van der Waals surface area contributed by atoms with Crippen molar-refractivity contribution in [2.45, 2.75) is 37.5 Å². The molecule has 1 heterocycles. The molecule has 0 radical (unpaired) electrons. The van der Waals surface area contributed by atoms with Gasteiger partial charge in [0.1, 0.15) is 11.3 Å². The van der Waals surface area contributed by atoms with Gasteiger partial charge in [-0.25, -0.2) is 0 Å². The third-order valence-electron chi connectivity index (χ3n) is 4.92. The van der Waals surface area contributed by atoms with Gasteiger partial charge >= 0.3 is 0 Å². The lowest BCUT2D eigenvalue weighted by Crippen LogP contribution is -2.32. The maximum Gasteiger partial charge on any atom is 0.288 e. The van der Waals surface area contributed by atoms with Crippen LogP contribution in [0.5, 0.6) is 0 Å². The minimum Gasteiger partial charge on any atom is -0.347 e. The summed E-state index contributed by atoms with van der Waals surface area (Å²) in [5.41, 5.74) is 2.36. The lowest BCUT2D eigenvalue weighted by molar-refractivity contribution is -0.384. The first-order chi connectivity index (χ1) is 10.5. The molecule has 1 aromatic carbocycles. The quantitative estimate of drug-likeness (QED) is 0.358. The standard InChI is InChI=1S/C16H17ClN2O3/c1-18-13-10-12(17)14(19(21)22)9-11(13)16(15(18)5-8-20)6-3-2-4-7-16/h5,8-10H,2-4,6-7H2,1H3. The van der Waals surface area contributed by atoms with Crippen LogP contribution in [0.2, 0.25) is 5.02 Å². The van der Waals surface area contributed by atoms with Gasteiger partial charge in [0.05, 0.1) is 4.92 Å². The van der Waals surface area contributed by atoms with Crippen molar-refractivity contribution in [3.8, 4) is 0 Å². The third kappa shape index (κ3) is 2.03. The van der Waals surface area contributed by atoms with Crippen molar-refractivity contribution in [3.05, 3.63) is 44.6 Å². The summed E-state index contributed by atoms with van der Waals surface area (Å²) in [6.45, 7) is 0. The van der Waals surface area contributed by atoms with Crippen molar-refractivity contribution in [2.75, 3.05) is 11.9 Å². The van der Waals surface area contributed by atoms with Crippen molar-refractivity contribution in [1.29, 1.82) is 0 Å². The number of rotatable bonds is 2. The summed E-state index contributed by atoms with van der Waals surface area (Å²) < 4.78 is 0. The summed E-state index contributed by atoms with van der Waals surface area (Å²) >= 11 is 6.06. The van der Waals surface area contributed by atoms with Crippen LogP contribution in [-0.4, -0.2) is 18.3 Å². The largest absolute Gasteiger partial charge is 0.347 e. The Labute approximate surface area is 133 Å². The van der Waals surface area contributed by atoms with E-state index >= 15 is 0 Å². The van der Waals surface area contributed by atoms with Crippen molar-refractivity contribution in [3.63, 3.8) is 0 Å². The van der Waals surface area contributed by atoms with Crippen LogP contribution >= 0.6 is 11.6 Å². The number of nitro benzene ring substituents is 1. The normalized spacial score (nSPS) is 21.2. The van der Waals surface area contributed by atoms with E-state index in [1.807, 2.05) is 11.9 Å². The predicted molar refractivity (Wildman–Crippen MR) is 85.4 cm³/mol. The van der Waals surface area contributed by atoms with E-state index in [1.165, 1.54) is 0 Å². The van der Waals surface area contributed by atoms with Crippen LogP contribution in [0.3, 0.4) is 0 Å². The Morgan fingerprint density at radius 3 is 2.59 bits per heavy atom. The third-order valence-corrected chi connectivity index (χ3v) is 5.23. The van der Waals surface area contributed by atoms with Gasteiger partial charge in [0.2, 0.25) is 0 Å². The molecule has 0 saturated heterocycles. The molecule has 1 aliphatic heterocycles. The zero-order chi connectivity index (χ0) is 15.9. The molecular formula is C16H17ClN2O3. The second kappa shape index (κ2) is 5.39. The average Bonchev–Trinajstić information content (AvgIpc) is 2.70. The molecule has 1 aromatic rings. The number of anilines is 1. The van der Waals surface area contributed by atoms with Gasteiger partial charge in [-0.15, -0.1) is 0 Å². The molecule has 22 heavy (non-hydrogen) atoms. The number of carbonyl (C=O) groups is 1. The first-order valence-electron chi connectivity index (χ1n) is 7.39. The van der Waals surface area contributed by atoms with Gasteiger partial charge in [0, 0.05) is 29.9 Å². The number of allylic oxidation sites excluding steroid dienone is 2. The van der Waals surface area contributed by atoms with Crippen LogP contribution in [0.25, 0.3) is 0 Å². The van der Waals surface area contributed by atoms with E-state index in [0.717, 1.165) is 55.3 Å². The number of aldehydes is 1. The number of halogens is 1. The predicted octanol–water partition coefficient (Wildman–Crippen LogP) is 3.98. The van der Waals surface area contributed by atoms with E-state index in [4.69, 9.17) is 11.6 Å². The molecule has 0 aromatic heterocycles. The van der Waals surface area contributed by atoms with Gasteiger partial charge in [0.15, 0.2) is 0 Å². The Hall–Kier alpha value is -1.88. The van der Waals surface area contributed by atoms with Gasteiger partial charge < -0.3 is 4.90 Å². The first kappa shape index (κ1) is 15.0. The fourth-order valence-electron chi connectivity index (χ4n) is 3.96. The van der Waals surface area contributed by atoms with Crippen LogP contribution in [0.1, 0.15) is 37.7 Å². The molecule has 0 N–H and O–H groups in total. The van der Waals surface area contributed by atoms with E-state index in [9.17, 15) is 14.9 Å². The molecule has 0 amide bonds. The molecule has 1 aliphatic carbocycles. The summed E-state index contributed by atoms with van der Waals surface area (Å²) in [6.07, 6.45) is 7.46. The second-order valence-corrected chi connectivity index (χ2v) is 6.37. The SMILES string of the molecule is CN1C(=CC=O)C2(CCCCC2)c2cc([N+](=O)[O-])c(Cl)cc21. The number of hydrogen-bond acceptors (Lipinski definition) is 4. The van der Waals surface area contributed by atoms with Crippen molar-refractivity contribution in [1.82, 2.24) is 0 Å². The summed E-state index contributed by atoms with van der Waals surface area (Å²) in [5, 5.41) is 11.4. The summed E-state index contributed by atoms with van der Waals surface area (Å²) in [7, 11) is 1.89. The first-order valence-corrected chi connectivity index (χ1v) is 7.77. The fraction of sp³-hybridized carbons (Fsp3) is 0.438. The molecule has 0 unspecified atom stereocenters. The van der Waals surface area contributed by atoms with Gasteiger partial charge in [-0.2, -0.15) is 0 Å². The van der Waals surface area contributed by atoms with Crippen molar-refractivity contribution in [2.24, 2.45) is 0 Å². The zero-order valence-corrected chi connectivity index (χ0v) is 13.1. The number of benzene rings is 1. The molecule has 2 aliphatic rings. The molecule has 1 fully saturated rings. The summed E-state index contributed by atoms with van der Waals surface area (Å²) in [4.78, 5) is 23.8. The number of carbonyl (C=O) groups excluding carboxylic acids is 1.